The van der Waals surface area contributed by atoms with E-state index in [-0.39, 0.29) is 24.8 Å². The van der Waals surface area contributed by atoms with Gasteiger partial charge in [0.15, 0.2) is 0 Å². The molecular weight excluding hydrogens is 553 g/mol. The first-order valence-electron chi connectivity index (χ1n) is 14.3. The van der Waals surface area contributed by atoms with Crippen LogP contribution < -0.4 is 15.0 Å². The number of piperidine rings is 1. The van der Waals surface area contributed by atoms with E-state index in [1.807, 2.05) is 0 Å². The zero-order valence-corrected chi connectivity index (χ0v) is 24.1. The van der Waals surface area contributed by atoms with Crippen molar-refractivity contribution < 1.29 is 29.2 Å². The third kappa shape index (κ3) is 9.21. The van der Waals surface area contributed by atoms with Crippen molar-refractivity contribution >= 4 is 23.5 Å². The van der Waals surface area contributed by atoms with Crippen molar-refractivity contribution in [3.63, 3.8) is 0 Å². The number of carbonyl (C=O) groups is 1. The SMILES string of the molecule is O=C(Cc1ccc(OCCCC2CCN(c3ncc(Cl)cn3)CC2)cc1F)N1CC[C@@H](CNCC(O)(CO)CO)C1. The van der Waals surface area contributed by atoms with Crippen molar-refractivity contribution in [3.05, 3.63) is 47.0 Å². The summed E-state index contributed by atoms with van der Waals surface area (Å²) in [6.45, 7) is 2.99. The minimum absolute atomic E-state index is 0.0131. The molecule has 2 aliphatic rings. The Hall–Kier alpha value is -2.57. The molecule has 1 aromatic carbocycles. The number of likely N-dealkylation sites (tertiary alicyclic amines) is 1. The van der Waals surface area contributed by atoms with E-state index < -0.39 is 24.6 Å². The van der Waals surface area contributed by atoms with Gasteiger partial charge in [-0.3, -0.25) is 4.79 Å². The number of aromatic nitrogens is 2. The third-order valence-corrected chi connectivity index (χ3v) is 8.21. The van der Waals surface area contributed by atoms with Crippen LogP contribution in [-0.4, -0.2) is 101 Å². The number of ether oxygens (including phenoxy) is 1. The smallest absolute Gasteiger partial charge is 0.227 e. The molecule has 4 N–H and O–H groups in total. The Balaban J connectivity index is 1.12. The van der Waals surface area contributed by atoms with Crippen molar-refractivity contribution in [2.24, 2.45) is 11.8 Å². The van der Waals surface area contributed by atoms with Gasteiger partial charge in [0, 0.05) is 38.8 Å². The first-order chi connectivity index (χ1) is 19.8. The quantitative estimate of drug-likeness (QED) is 0.243. The number of hydrogen-bond acceptors (Lipinski definition) is 9. The molecule has 2 saturated heterocycles. The molecule has 1 amide bonds. The Morgan fingerprint density at radius 1 is 1.12 bits per heavy atom. The number of aliphatic hydroxyl groups is 3. The largest absolute Gasteiger partial charge is 0.493 e. The molecule has 12 heteroatoms. The first kappa shape index (κ1) is 31.4. The fraction of sp³-hybridized carbons (Fsp3) is 0.621. The monoisotopic (exact) mass is 593 g/mol. The highest BCUT2D eigenvalue weighted by Gasteiger charge is 2.29. The van der Waals surface area contributed by atoms with E-state index in [9.17, 15) is 14.3 Å². The van der Waals surface area contributed by atoms with Crippen molar-refractivity contribution in [2.45, 2.75) is 44.1 Å². The lowest BCUT2D eigenvalue weighted by Crippen LogP contribution is -2.48. The number of rotatable bonds is 14. The molecule has 2 aromatic rings. The zero-order chi connectivity index (χ0) is 29.2. The van der Waals surface area contributed by atoms with Crippen LogP contribution in [0.15, 0.2) is 30.6 Å². The van der Waals surface area contributed by atoms with Crippen molar-refractivity contribution in [1.82, 2.24) is 20.2 Å². The maximum absolute atomic E-state index is 14.8. The van der Waals surface area contributed by atoms with Gasteiger partial charge in [0.05, 0.1) is 43.7 Å². The predicted molar refractivity (Wildman–Crippen MR) is 153 cm³/mol. The lowest BCUT2D eigenvalue weighted by molar-refractivity contribution is -0.129. The van der Waals surface area contributed by atoms with Crippen LogP contribution in [0.1, 0.15) is 37.7 Å². The van der Waals surface area contributed by atoms with Gasteiger partial charge in [-0.1, -0.05) is 17.7 Å². The van der Waals surface area contributed by atoms with Gasteiger partial charge in [0.25, 0.3) is 0 Å². The molecule has 0 spiro atoms. The Bertz CT molecular complexity index is 1120. The van der Waals surface area contributed by atoms with E-state index >= 15 is 0 Å². The third-order valence-electron chi connectivity index (χ3n) is 8.01. The Labute approximate surface area is 245 Å². The Kier molecular flexibility index (Phi) is 11.5. The minimum atomic E-state index is -1.56. The lowest BCUT2D eigenvalue weighted by Gasteiger charge is -2.31. The number of benzene rings is 1. The van der Waals surface area contributed by atoms with Crippen molar-refractivity contribution in [1.29, 1.82) is 0 Å². The summed E-state index contributed by atoms with van der Waals surface area (Å²) < 4.78 is 20.6. The summed E-state index contributed by atoms with van der Waals surface area (Å²) in [5.74, 6) is 1.40. The number of carbonyl (C=O) groups excluding carboxylic acids is 1. The van der Waals surface area contributed by atoms with Gasteiger partial charge in [-0.05, 0) is 62.1 Å². The maximum Gasteiger partial charge on any atom is 0.227 e. The molecule has 2 fully saturated rings. The standard InChI is InChI=1S/C29H41ClFN5O5/c30-24-15-33-28(34-16-24)35-8-5-21(6-9-35)2-1-11-41-25-4-3-23(26(31)13-25)12-27(39)36-10-7-22(17-36)14-32-18-29(40,19-37)20-38/h3-4,13,15-16,21-22,32,37-38,40H,1-2,5-12,14,17-20H2/t22-/m0/s1. The molecule has 0 radical (unpaired) electrons. The fourth-order valence-electron chi connectivity index (χ4n) is 5.38. The number of nitrogens with one attached hydrogen (secondary N) is 1. The van der Waals surface area contributed by atoms with Crippen molar-refractivity contribution in [2.75, 3.05) is 64.0 Å². The molecule has 0 saturated carbocycles. The highest BCUT2D eigenvalue weighted by molar-refractivity contribution is 6.30. The van der Waals surface area contributed by atoms with E-state index in [4.69, 9.17) is 26.6 Å². The molecule has 3 heterocycles. The molecule has 41 heavy (non-hydrogen) atoms. The number of amides is 1. The highest BCUT2D eigenvalue weighted by Crippen LogP contribution is 2.25. The summed E-state index contributed by atoms with van der Waals surface area (Å²) in [4.78, 5) is 25.3. The topological polar surface area (TPSA) is 131 Å². The normalized spacial score (nSPS) is 18.2. The summed E-state index contributed by atoms with van der Waals surface area (Å²) in [7, 11) is 0. The van der Waals surface area contributed by atoms with Crippen LogP contribution in [0.4, 0.5) is 10.3 Å². The van der Waals surface area contributed by atoms with Gasteiger partial charge in [-0.25, -0.2) is 14.4 Å². The van der Waals surface area contributed by atoms with E-state index in [0.717, 1.165) is 51.1 Å². The molecule has 2 aliphatic heterocycles. The molecule has 1 atom stereocenters. The molecule has 1 aromatic heterocycles. The first-order valence-corrected chi connectivity index (χ1v) is 14.7. The molecule has 0 aliphatic carbocycles. The fourth-order valence-corrected chi connectivity index (χ4v) is 5.48. The van der Waals surface area contributed by atoms with Gasteiger partial charge in [0.2, 0.25) is 11.9 Å². The minimum Gasteiger partial charge on any atom is -0.493 e. The van der Waals surface area contributed by atoms with Crippen LogP contribution in [-0.2, 0) is 11.2 Å². The van der Waals surface area contributed by atoms with Gasteiger partial charge in [-0.2, -0.15) is 0 Å². The number of halogens is 2. The summed E-state index contributed by atoms with van der Waals surface area (Å²) >= 11 is 5.87. The number of aliphatic hydroxyl groups excluding tert-OH is 2. The molecule has 226 valence electrons. The Morgan fingerprint density at radius 2 is 1.83 bits per heavy atom. The van der Waals surface area contributed by atoms with E-state index in [2.05, 4.69) is 20.2 Å². The van der Waals surface area contributed by atoms with Crippen LogP contribution in [0, 0.1) is 17.7 Å². The average Bonchev–Trinajstić information content (AvgIpc) is 3.46. The number of hydrogen-bond donors (Lipinski definition) is 4. The van der Waals surface area contributed by atoms with Gasteiger partial charge in [0.1, 0.15) is 17.2 Å². The average molecular weight is 594 g/mol. The summed E-state index contributed by atoms with van der Waals surface area (Å²) in [6.07, 6.45) is 8.07. The molecule has 10 nitrogen and oxygen atoms in total. The van der Waals surface area contributed by atoms with Crippen LogP contribution in [0.2, 0.25) is 5.02 Å². The number of nitrogens with zero attached hydrogens (tertiary/aromatic N) is 4. The van der Waals surface area contributed by atoms with Crippen LogP contribution in [0.5, 0.6) is 5.75 Å². The van der Waals surface area contributed by atoms with Gasteiger partial charge < -0.3 is 35.2 Å². The molecule has 0 bridgehead atoms. The second-order valence-corrected chi connectivity index (χ2v) is 11.7. The van der Waals surface area contributed by atoms with Gasteiger partial charge >= 0.3 is 0 Å². The summed E-state index contributed by atoms with van der Waals surface area (Å²) in [6, 6.07) is 4.70. The van der Waals surface area contributed by atoms with Gasteiger partial charge in [-0.15, -0.1) is 0 Å². The van der Waals surface area contributed by atoms with Crippen LogP contribution >= 0.6 is 11.6 Å². The summed E-state index contributed by atoms with van der Waals surface area (Å²) in [5, 5.41) is 31.9. The Morgan fingerprint density at radius 3 is 2.51 bits per heavy atom. The van der Waals surface area contributed by atoms with Crippen LogP contribution in [0.25, 0.3) is 0 Å². The van der Waals surface area contributed by atoms with E-state index in [1.54, 1.807) is 29.4 Å². The molecule has 4 rings (SSSR count). The number of anilines is 1. The van der Waals surface area contributed by atoms with Crippen molar-refractivity contribution in [3.8, 4) is 5.75 Å². The van der Waals surface area contributed by atoms with Crippen LogP contribution in [0.3, 0.4) is 0 Å². The predicted octanol–water partition coefficient (Wildman–Crippen LogP) is 2.04. The summed E-state index contributed by atoms with van der Waals surface area (Å²) in [5.41, 5.74) is -1.22. The molecular formula is C29H41ClFN5O5. The zero-order valence-electron chi connectivity index (χ0n) is 23.4. The maximum atomic E-state index is 14.8. The molecule has 0 unspecified atom stereocenters. The van der Waals surface area contributed by atoms with E-state index in [0.29, 0.717) is 48.5 Å². The van der Waals surface area contributed by atoms with E-state index in [1.165, 1.54) is 6.07 Å². The highest BCUT2D eigenvalue weighted by atomic mass is 35.5. The lowest BCUT2D eigenvalue weighted by atomic mass is 9.92. The second kappa shape index (κ2) is 15.1. The second-order valence-electron chi connectivity index (χ2n) is 11.2.